The molecular formula is C8H18N6O2. The predicted molar refractivity (Wildman–Crippen MR) is 61.0 cm³/mol. The summed E-state index contributed by atoms with van der Waals surface area (Å²) < 4.78 is 0. The minimum atomic E-state index is -1.05. The molecule has 0 heterocycles. The van der Waals surface area contributed by atoms with E-state index in [1.54, 1.807) is 0 Å². The fourth-order valence-corrected chi connectivity index (χ4v) is 1.07. The average molecular weight is 230 g/mol. The van der Waals surface area contributed by atoms with E-state index in [-0.39, 0.29) is 18.3 Å². The molecule has 16 heavy (non-hydrogen) atoms. The van der Waals surface area contributed by atoms with Crippen molar-refractivity contribution in [3.05, 3.63) is 0 Å². The number of aliphatic imine (C=N–C) groups is 1. The summed E-state index contributed by atoms with van der Waals surface area (Å²) in [5, 5.41) is 15.8. The standard InChI is InChI=1S/C8H18N6O2/c1-13-8(12)14(7(10)11)4-2-3-5(9)6(15)16/h5H,2-4,9H2,1H3,(H3,10,11)(H2,12,13)(H,15,16)/t5-/m1/s1. The minimum Gasteiger partial charge on any atom is -0.480 e. The first-order valence-electron chi connectivity index (χ1n) is 4.72. The molecule has 0 bridgehead atoms. The Balaban J connectivity index is 4.15. The lowest BCUT2D eigenvalue weighted by Gasteiger charge is -2.21. The Morgan fingerprint density at radius 2 is 2.12 bits per heavy atom. The number of carbonyl (C=O) groups is 1. The largest absolute Gasteiger partial charge is 0.480 e. The number of carboxylic acid groups (broad SMARTS) is 1. The molecule has 0 aromatic heterocycles. The first-order valence-corrected chi connectivity index (χ1v) is 4.72. The summed E-state index contributed by atoms with van der Waals surface area (Å²) in [5.41, 5.74) is 16.1. The molecule has 0 aliphatic carbocycles. The SMILES string of the molecule is CN=C(N)N(CCC[C@@H](N)C(=O)O)C(=N)N. The Morgan fingerprint density at radius 1 is 1.56 bits per heavy atom. The number of nitrogens with one attached hydrogen (secondary N) is 1. The quantitative estimate of drug-likeness (QED) is 0.280. The highest BCUT2D eigenvalue weighted by molar-refractivity contribution is 5.95. The molecule has 0 saturated carbocycles. The van der Waals surface area contributed by atoms with Crippen molar-refractivity contribution in [2.75, 3.05) is 13.6 Å². The van der Waals surface area contributed by atoms with Crippen molar-refractivity contribution in [3.63, 3.8) is 0 Å². The molecule has 1 atom stereocenters. The van der Waals surface area contributed by atoms with E-state index in [0.717, 1.165) is 0 Å². The van der Waals surface area contributed by atoms with Crippen LogP contribution in [0, 0.1) is 5.41 Å². The first kappa shape index (κ1) is 14.2. The lowest BCUT2D eigenvalue weighted by molar-refractivity contribution is -0.138. The summed E-state index contributed by atoms with van der Waals surface area (Å²) >= 11 is 0. The zero-order valence-electron chi connectivity index (χ0n) is 9.18. The molecule has 92 valence electrons. The number of rotatable bonds is 5. The predicted octanol–water partition coefficient (Wildman–Crippen LogP) is -1.68. The summed E-state index contributed by atoms with van der Waals surface area (Å²) in [4.78, 5) is 15.4. The lowest BCUT2D eigenvalue weighted by Crippen LogP contribution is -2.46. The maximum Gasteiger partial charge on any atom is 0.320 e. The second-order valence-electron chi connectivity index (χ2n) is 3.21. The molecule has 0 rings (SSSR count). The molecule has 0 aliphatic heterocycles. The number of hydrogen-bond donors (Lipinski definition) is 5. The van der Waals surface area contributed by atoms with E-state index >= 15 is 0 Å². The molecule has 0 unspecified atom stereocenters. The third-order valence-electron chi connectivity index (χ3n) is 2.01. The highest BCUT2D eigenvalue weighted by Crippen LogP contribution is 1.98. The highest BCUT2D eigenvalue weighted by atomic mass is 16.4. The van der Waals surface area contributed by atoms with Crippen molar-refractivity contribution in [1.29, 1.82) is 5.41 Å². The molecule has 8 nitrogen and oxygen atoms in total. The van der Waals surface area contributed by atoms with Gasteiger partial charge in [-0.15, -0.1) is 0 Å². The minimum absolute atomic E-state index is 0.122. The molecule has 0 saturated heterocycles. The number of guanidine groups is 2. The van der Waals surface area contributed by atoms with Gasteiger partial charge in [0.2, 0.25) is 0 Å². The summed E-state index contributed by atoms with van der Waals surface area (Å²) in [6.45, 7) is 0.319. The number of nitrogens with zero attached hydrogens (tertiary/aromatic N) is 2. The molecule has 0 amide bonds. The van der Waals surface area contributed by atoms with E-state index in [2.05, 4.69) is 4.99 Å². The Kier molecular flexibility index (Phi) is 5.86. The Bertz CT molecular complexity index is 290. The van der Waals surface area contributed by atoms with Crippen LogP contribution in [0.4, 0.5) is 0 Å². The molecule has 0 spiro atoms. The van der Waals surface area contributed by atoms with Crippen LogP contribution < -0.4 is 17.2 Å². The lowest BCUT2D eigenvalue weighted by atomic mass is 10.1. The topological polar surface area (TPSA) is 155 Å². The first-order chi connectivity index (χ1) is 7.40. The average Bonchev–Trinajstić information content (AvgIpc) is 2.22. The maximum absolute atomic E-state index is 10.4. The Labute approximate surface area is 93.6 Å². The van der Waals surface area contributed by atoms with Gasteiger partial charge in [-0.2, -0.15) is 0 Å². The van der Waals surface area contributed by atoms with Crippen molar-refractivity contribution in [1.82, 2.24) is 4.90 Å². The van der Waals surface area contributed by atoms with Crippen LogP contribution in [0.25, 0.3) is 0 Å². The molecule has 8 heteroatoms. The van der Waals surface area contributed by atoms with E-state index in [9.17, 15) is 4.79 Å². The van der Waals surface area contributed by atoms with Gasteiger partial charge in [-0.1, -0.05) is 0 Å². The van der Waals surface area contributed by atoms with E-state index in [1.807, 2.05) is 0 Å². The van der Waals surface area contributed by atoms with Gasteiger partial charge in [-0.3, -0.25) is 20.1 Å². The molecule has 0 fully saturated rings. The van der Waals surface area contributed by atoms with E-state index in [1.165, 1.54) is 11.9 Å². The van der Waals surface area contributed by atoms with Crippen LogP contribution in [-0.2, 0) is 4.79 Å². The zero-order chi connectivity index (χ0) is 12.7. The Hall–Kier alpha value is -1.83. The summed E-state index contributed by atoms with van der Waals surface area (Å²) in [6.07, 6.45) is 0.749. The van der Waals surface area contributed by atoms with Gasteiger partial charge in [0, 0.05) is 13.6 Å². The van der Waals surface area contributed by atoms with Gasteiger partial charge in [-0.05, 0) is 12.8 Å². The molecule has 0 radical (unpaired) electrons. The van der Waals surface area contributed by atoms with Gasteiger partial charge in [0.1, 0.15) is 6.04 Å². The van der Waals surface area contributed by atoms with E-state index < -0.39 is 12.0 Å². The van der Waals surface area contributed by atoms with Gasteiger partial charge in [0.25, 0.3) is 0 Å². The smallest absolute Gasteiger partial charge is 0.320 e. The molecule has 8 N–H and O–H groups in total. The van der Waals surface area contributed by atoms with Crippen LogP contribution >= 0.6 is 0 Å². The van der Waals surface area contributed by atoms with Crippen LogP contribution in [0.15, 0.2) is 4.99 Å². The molecule has 0 aromatic carbocycles. The van der Waals surface area contributed by atoms with Gasteiger partial charge >= 0.3 is 5.97 Å². The van der Waals surface area contributed by atoms with Crippen LogP contribution in [0.1, 0.15) is 12.8 Å². The monoisotopic (exact) mass is 230 g/mol. The number of carboxylic acids is 1. The summed E-state index contributed by atoms with van der Waals surface area (Å²) in [5.74, 6) is -1.16. The normalized spacial score (nSPS) is 13.2. The summed E-state index contributed by atoms with van der Waals surface area (Å²) in [7, 11) is 1.48. The van der Waals surface area contributed by atoms with Crippen LogP contribution in [-0.4, -0.2) is 47.5 Å². The number of aliphatic carboxylic acids is 1. The fourth-order valence-electron chi connectivity index (χ4n) is 1.07. The van der Waals surface area contributed by atoms with Gasteiger partial charge in [0.05, 0.1) is 0 Å². The van der Waals surface area contributed by atoms with Crippen molar-refractivity contribution in [2.45, 2.75) is 18.9 Å². The van der Waals surface area contributed by atoms with E-state index in [0.29, 0.717) is 13.0 Å². The molecule has 0 aliphatic rings. The Morgan fingerprint density at radius 3 is 2.50 bits per heavy atom. The number of nitrogens with two attached hydrogens (primary N) is 3. The third-order valence-corrected chi connectivity index (χ3v) is 2.01. The van der Waals surface area contributed by atoms with Gasteiger partial charge in [-0.25, -0.2) is 0 Å². The van der Waals surface area contributed by atoms with Crippen LogP contribution in [0.2, 0.25) is 0 Å². The third kappa shape index (κ3) is 4.60. The fraction of sp³-hybridized carbons (Fsp3) is 0.625. The number of hydrogen-bond acceptors (Lipinski definition) is 4. The zero-order valence-corrected chi connectivity index (χ0v) is 9.18. The van der Waals surface area contributed by atoms with Crippen LogP contribution in [0.5, 0.6) is 0 Å². The highest BCUT2D eigenvalue weighted by Gasteiger charge is 2.14. The van der Waals surface area contributed by atoms with Gasteiger partial charge < -0.3 is 22.3 Å². The molecular weight excluding hydrogens is 212 g/mol. The second-order valence-corrected chi connectivity index (χ2v) is 3.21. The second kappa shape index (κ2) is 6.62. The van der Waals surface area contributed by atoms with E-state index in [4.69, 9.17) is 27.7 Å². The molecule has 0 aromatic rings. The maximum atomic E-state index is 10.4. The van der Waals surface area contributed by atoms with Crippen molar-refractivity contribution < 1.29 is 9.90 Å². The van der Waals surface area contributed by atoms with Crippen LogP contribution in [0.3, 0.4) is 0 Å². The van der Waals surface area contributed by atoms with Crippen molar-refractivity contribution in [3.8, 4) is 0 Å². The van der Waals surface area contributed by atoms with Gasteiger partial charge in [0.15, 0.2) is 11.9 Å². The van der Waals surface area contributed by atoms with Crippen molar-refractivity contribution >= 4 is 17.9 Å². The van der Waals surface area contributed by atoms with Crippen molar-refractivity contribution in [2.24, 2.45) is 22.2 Å². The summed E-state index contributed by atoms with van der Waals surface area (Å²) in [6, 6.07) is -0.909.